The van der Waals surface area contributed by atoms with E-state index in [1.165, 1.54) is 18.7 Å². The predicted octanol–water partition coefficient (Wildman–Crippen LogP) is 1.47. The fourth-order valence-corrected chi connectivity index (χ4v) is 3.40. The summed E-state index contributed by atoms with van der Waals surface area (Å²) in [6.45, 7) is 3.26. The van der Waals surface area contributed by atoms with Crippen LogP contribution in [-0.4, -0.2) is 46.4 Å². The van der Waals surface area contributed by atoms with Crippen molar-refractivity contribution in [2.24, 2.45) is 0 Å². The third kappa shape index (κ3) is 3.75. The summed E-state index contributed by atoms with van der Waals surface area (Å²) in [5, 5.41) is 9.94. The monoisotopic (exact) mass is 389 g/mol. The Kier molecular flexibility index (Phi) is 5.36. The second kappa shape index (κ2) is 7.70. The van der Waals surface area contributed by atoms with E-state index in [1.54, 1.807) is 14.2 Å². The quantitative estimate of drug-likeness (QED) is 0.503. The highest BCUT2D eigenvalue weighted by molar-refractivity contribution is 7.99. The molecule has 142 valence electrons. The molecule has 0 aliphatic heterocycles. The first-order valence-corrected chi connectivity index (χ1v) is 9.02. The molecule has 0 saturated carbocycles. The van der Waals surface area contributed by atoms with E-state index in [0.717, 1.165) is 16.5 Å². The number of hydrazine groups is 1. The summed E-state index contributed by atoms with van der Waals surface area (Å²) >= 11 is 1.22. The zero-order valence-electron chi connectivity index (χ0n) is 15.3. The lowest BCUT2D eigenvalue weighted by atomic mass is 10.1. The van der Waals surface area contributed by atoms with Gasteiger partial charge in [-0.2, -0.15) is 0 Å². The van der Waals surface area contributed by atoms with Gasteiger partial charge < -0.3 is 9.47 Å². The van der Waals surface area contributed by atoms with Crippen molar-refractivity contribution < 1.29 is 19.1 Å². The predicted molar refractivity (Wildman–Crippen MR) is 101 cm³/mol. The van der Waals surface area contributed by atoms with Gasteiger partial charge in [-0.25, -0.2) is 0 Å². The molecule has 27 heavy (non-hydrogen) atoms. The lowest BCUT2D eigenvalue weighted by Crippen LogP contribution is -2.41. The third-order valence-electron chi connectivity index (χ3n) is 3.84. The van der Waals surface area contributed by atoms with Crippen molar-refractivity contribution in [2.45, 2.75) is 19.0 Å². The summed E-state index contributed by atoms with van der Waals surface area (Å²) in [6.07, 6.45) is 0. The fraction of sp³-hybridized carbons (Fsp3) is 0.294. The Morgan fingerprint density at radius 2 is 1.81 bits per heavy atom. The molecule has 0 spiro atoms. The van der Waals surface area contributed by atoms with Crippen LogP contribution >= 0.6 is 11.8 Å². The number of pyridine rings is 1. The lowest BCUT2D eigenvalue weighted by molar-refractivity contribution is -0.126. The zero-order valence-corrected chi connectivity index (χ0v) is 16.1. The van der Waals surface area contributed by atoms with Crippen LogP contribution in [0.25, 0.3) is 16.6 Å². The first kappa shape index (κ1) is 18.8. The molecule has 0 bridgehead atoms. The number of nitrogens with one attached hydrogen (secondary N) is 2. The van der Waals surface area contributed by atoms with Crippen molar-refractivity contribution in [1.82, 2.24) is 25.4 Å². The minimum Gasteiger partial charge on any atom is -0.493 e. The summed E-state index contributed by atoms with van der Waals surface area (Å²) in [4.78, 5) is 22.7. The number of ether oxygens (including phenoxy) is 2. The van der Waals surface area contributed by atoms with Crippen molar-refractivity contribution in [3.05, 3.63) is 23.8 Å². The summed E-state index contributed by atoms with van der Waals surface area (Å²) in [6, 6.07) is 5.74. The lowest BCUT2D eigenvalue weighted by Gasteiger charge is -2.12. The number of aromatic nitrogens is 3. The summed E-state index contributed by atoms with van der Waals surface area (Å²) in [5.41, 5.74) is 7.05. The normalized spacial score (nSPS) is 10.8. The molecule has 0 unspecified atom stereocenters. The molecular weight excluding hydrogens is 370 g/mol. The van der Waals surface area contributed by atoms with Gasteiger partial charge in [-0.15, -0.1) is 10.2 Å². The highest BCUT2D eigenvalue weighted by atomic mass is 32.2. The molecule has 2 aromatic heterocycles. The van der Waals surface area contributed by atoms with E-state index in [2.05, 4.69) is 21.0 Å². The van der Waals surface area contributed by atoms with Gasteiger partial charge >= 0.3 is 0 Å². The SMILES string of the molecule is COc1cc2cc(C)c3nnc(SCC(=O)NNC(C)=O)n3c2cc1OC. The second-order valence-corrected chi connectivity index (χ2v) is 6.70. The molecule has 3 aromatic rings. The number of methoxy groups -OCH3 is 2. The van der Waals surface area contributed by atoms with E-state index >= 15 is 0 Å². The molecule has 0 aliphatic carbocycles. The van der Waals surface area contributed by atoms with Crippen molar-refractivity contribution in [2.75, 3.05) is 20.0 Å². The topological polar surface area (TPSA) is 107 Å². The van der Waals surface area contributed by atoms with Crippen LogP contribution in [0.3, 0.4) is 0 Å². The maximum absolute atomic E-state index is 11.9. The Balaban J connectivity index is 2.01. The maximum atomic E-state index is 11.9. The number of benzene rings is 1. The van der Waals surface area contributed by atoms with Crippen LogP contribution in [0.4, 0.5) is 0 Å². The van der Waals surface area contributed by atoms with Crippen LogP contribution < -0.4 is 20.3 Å². The highest BCUT2D eigenvalue weighted by Gasteiger charge is 2.16. The van der Waals surface area contributed by atoms with E-state index in [0.29, 0.717) is 22.3 Å². The van der Waals surface area contributed by atoms with Gasteiger partial charge in [-0.1, -0.05) is 11.8 Å². The van der Waals surface area contributed by atoms with Crippen LogP contribution in [0, 0.1) is 6.92 Å². The molecule has 9 nitrogen and oxygen atoms in total. The molecule has 0 atom stereocenters. The Morgan fingerprint density at radius 1 is 1.11 bits per heavy atom. The Hall–Kier alpha value is -3.01. The molecule has 0 aliphatic rings. The molecule has 10 heteroatoms. The molecule has 2 N–H and O–H groups in total. The number of rotatable bonds is 5. The van der Waals surface area contributed by atoms with Crippen LogP contribution in [0.15, 0.2) is 23.4 Å². The Morgan fingerprint density at radius 3 is 2.48 bits per heavy atom. The first-order chi connectivity index (χ1) is 12.9. The maximum Gasteiger partial charge on any atom is 0.248 e. The van der Waals surface area contributed by atoms with Crippen LogP contribution in [0.1, 0.15) is 12.5 Å². The third-order valence-corrected chi connectivity index (χ3v) is 4.77. The van der Waals surface area contributed by atoms with E-state index in [4.69, 9.17) is 9.47 Å². The smallest absolute Gasteiger partial charge is 0.248 e. The molecule has 0 fully saturated rings. The molecule has 2 heterocycles. The summed E-state index contributed by atoms with van der Waals surface area (Å²) in [5.74, 6) is 0.597. The molecule has 1 aromatic carbocycles. The van der Waals surface area contributed by atoms with E-state index < -0.39 is 0 Å². The molecule has 0 radical (unpaired) electrons. The number of hydrogen-bond acceptors (Lipinski definition) is 7. The average molecular weight is 389 g/mol. The first-order valence-electron chi connectivity index (χ1n) is 8.03. The number of hydrogen-bond donors (Lipinski definition) is 2. The van der Waals surface area contributed by atoms with Gasteiger partial charge in [0.2, 0.25) is 11.8 Å². The Bertz CT molecular complexity index is 1030. The van der Waals surface area contributed by atoms with Crippen molar-refractivity contribution in [1.29, 1.82) is 0 Å². The van der Waals surface area contributed by atoms with Crippen molar-refractivity contribution >= 4 is 40.1 Å². The average Bonchev–Trinajstić information content (AvgIpc) is 3.08. The van der Waals surface area contributed by atoms with Crippen molar-refractivity contribution in [3.8, 4) is 11.5 Å². The van der Waals surface area contributed by atoms with Crippen molar-refractivity contribution in [3.63, 3.8) is 0 Å². The summed E-state index contributed by atoms with van der Waals surface area (Å²) < 4.78 is 12.7. The number of carbonyl (C=O) groups is 2. The number of thioether (sulfide) groups is 1. The number of aryl methyl sites for hydroxylation is 1. The van der Waals surface area contributed by atoms with E-state index in [9.17, 15) is 9.59 Å². The van der Waals surface area contributed by atoms with Gasteiger partial charge in [-0.3, -0.25) is 24.8 Å². The van der Waals surface area contributed by atoms with Gasteiger partial charge in [0, 0.05) is 18.4 Å². The van der Waals surface area contributed by atoms with E-state index in [1.807, 2.05) is 29.5 Å². The molecule has 2 amide bonds. The van der Waals surface area contributed by atoms with Crippen LogP contribution in [0.5, 0.6) is 11.5 Å². The molecule has 0 saturated heterocycles. The standard InChI is InChI=1S/C17H19N5O4S/c1-9-5-11-6-13(25-3)14(26-4)7-12(11)22-16(9)20-21-17(22)27-8-15(24)19-18-10(2)23/h5-7H,8H2,1-4H3,(H,18,23)(H,19,24). The minimum absolute atomic E-state index is 0.0732. The van der Waals surface area contributed by atoms with Crippen LogP contribution in [0.2, 0.25) is 0 Å². The number of fused-ring (bicyclic) bond motifs is 3. The number of nitrogens with zero attached hydrogens (tertiary/aromatic N) is 3. The minimum atomic E-state index is -0.344. The van der Waals surface area contributed by atoms with Gasteiger partial charge in [0.1, 0.15) is 0 Å². The second-order valence-electron chi connectivity index (χ2n) is 5.75. The van der Waals surface area contributed by atoms with Crippen LogP contribution in [-0.2, 0) is 9.59 Å². The highest BCUT2D eigenvalue weighted by Crippen LogP contribution is 2.34. The zero-order chi connectivity index (χ0) is 19.6. The van der Waals surface area contributed by atoms with Gasteiger partial charge in [-0.05, 0) is 24.6 Å². The number of carbonyl (C=O) groups excluding carboxylic acids is 2. The van der Waals surface area contributed by atoms with Gasteiger partial charge in [0.05, 0.1) is 25.5 Å². The van der Waals surface area contributed by atoms with Gasteiger partial charge in [0.25, 0.3) is 0 Å². The largest absolute Gasteiger partial charge is 0.493 e. The van der Waals surface area contributed by atoms with Gasteiger partial charge in [0.15, 0.2) is 22.3 Å². The summed E-state index contributed by atoms with van der Waals surface area (Å²) in [7, 11) is 3.16. The molecular formula is C17H19N5O4S. The van der Waals surface area contributed by atoms with E-state index in [-0.39, 0.29) is 17.6 Å². The molecule has 3 rings (SSSR count). The number of amides is 2. The Labute approximate surface area is 159 Å². The fourth-order valence-electron chi connectivity index (χ4n) is 2.65.